The molecule has 4 aromatic rings. The van der Waals surface area contributed by atoms with Crippen LogP contribution in [0, 0.1) is 6.92 Å². The predicted molar refractivity (Wildman–Crippen MR) is 116 cm³/mol. The molecule has 2 aliphatic heterocycles. The SMILES string of the molecule is Cc1cc2c(c(=O)n1-c1ccccc1)C1O[C@](c3ccsc3)(Cc3ccccc31)O2. The van der Waals surface area contributed by atoms with Gasteiger partial charge >= 0.3 is 0 Å². The van der Waals surface area contributed by atoms with Crippen LogP contribution in [0.3, 0.4) is 0 Å². The summed E-state index contributed by atoms with van der Waals surface area (Å²) >= 11 is 1.62. The number of hydrogen-bond donors (Lipinski definition) is 0. The van der Waals surface area contributed by atoms with Crippen LogP contribution in [0.5, 0.6) is 5.75 Å². The van der Waals surface area contributed by atoms with Crippen LogP contribution in [-0.4, -0.2) is 4.57 Å². The Morgan fingerprint density at radius 2 is 1.87 bits per heavy atom. The summed E-state index contributed by atoms with van der Waals surface area (Å²) in [6.45, 7) is 1.94. The van der Waals surface area contributed by atoms with Gasteiger partial charge in [-0.2, -0.15) is 11.3 Å². The van der Waals surface area contributed by atoms with E-state index < -0.39 is 11.9 Å². The maximum atomic E-state index is 13.7. The molecule has 2 aliphatic rings. The number of para-hydroxylation sites is 1. The van der Waals surface area contributed by atoms with E-state index in [1.54, 1.807) is 15.9 Å². The van der Waals surface area contributed by atoms with Crippen molar-refractivity contribution < 1.29 is 9.47 Å². The average molecular weight is 413 g/mol. The monoisotopic (exact) mass is 413 g/mol. The molecule has 5 heteroatoms. The van der Waals surface area contributed by atoms with Gasteiger partial charge in [-0.15, -0.1) is 0 Å². The molecule has 4 heterocycles. The van der Waals surface area contributed by atoms with E-state index in [1.165, 1.54) is 0 Å². The molecule has 2 aromatic heterocycles. The predicted octanol–water partition coefficient (Wildman–Crippen LogP) is 5.11. The van der Waals surface area contributed by atoms with Crippen LogP contribution < -0.4 is 10.3 Å². The van der Waals surface area contributed by atoms with E-state index in [9.17, 15) is 4.79 Å². The number of fused-ring (bicyclic) bond motifs is 6. The highest BCUT2D eigenvalue weighted by Crippen LogP contribution is 2.51. The van der Waals surface area contributed by atoms with E-state index in [0.29, 0.717) is 17.7 Å². The number of thiophene rings is 1. The third kappa shape index (κ3) is 2.46. The van der Waals surface area contributed by atoms with Gasteiger partial charge in [-0.25, -0.2) is 0 Å². The zero-order valence-corrected chi connectivity index (χ0v) is 17.2. The summed E-state index contributed by atoms with van der Waals surface area (Å²) in [6, 6.07) is 21.9. The molecule has 30 heavy (non-hydrogen) atoms. The highest BCUT2D eigenvalue weighted by molar-refractivity contribution is 7.08. The fraction of sp³-hybridized carbons (Fsp3) is 0.160. The average Bonchev–Trinajstić information content (AvgIpc) is 3.30. The van der Waals surface area contributed by atoms with E-state index in [1.807, 2.05) is 66.9 Å². The molecule has 1 unspecified atom stereocenters. The Labute approximate surface area is 178 Å². The summed E-state index contributed by atoms with van der Waals surface area (Å²) in [5.74, 6) is -0.300. The molecule has 148 valence electrons. The first-order chi connectivity index (χ1) is 14.7. The van der Waals surface area contributed by atoms with E-state index in [0.717, 1.165) is 28.1 Å². The standard InChI is InChI=1S/C25H19NO3S/c1-16-13-21-22(24(27)26(16)19-8-3-2-4-9-19)23-20-10-6-5-7-17(20)14-25(28-21,29-23)18-11-12-30-15-18/h2-13,15,23H,14H2,1H3/t23?,25-/m0/s1. The first-order valence-corrected chi connectivity index (χ1v) is 10.9. The van der Waals surface area contributed by atoms with Gasteiger partial charge in [-0.05, 0) is 41.6 Å². The third-order valence-electron chi connectivity index (χ3n) is 5.97. The van der Waals surface area contributed by atoms with E-state index in [2.05, 4.69) is 17.5 Å². The normalized spacial score (nSPS) is 21.4. The lowest BCUT2D eigenvalue weighted by atomic mass is 9.85. The van der Waals surface area contributed by atoms with Crippen molar-refractivity contribution in [3.05, 3.63) is 116 Å². The lowest BCUT2D eigenvalue weighted by molar-refractivity contribution is -0.237. The van der Waals surface area contributed by atoms with Crippen LogP contribution in [0.1, 0.15) is 34.1 Å². The summed E-state index contributed by atoms with van der Waals surface area (Å²) < 4.78 is 14.8. The number of hydrogen-bond acceptors (Lipinski definition) is 4. The lowest BCUT2D eigenvalue weighted by Gasteiger charge is -2.46. The third-order valence-corrected chi connectivity index (χ3v) is 6.66. The summed E-state index contributed by atoms with van der Waals surface area (Å²) in [6.07, 6.45) is 0.137. The second kappa shape index (κ2) is 6.42. The number of pyridine rings is 1. The van der Waals surface area contributed by atoms with Crippen molar-refractivity contribution in [3.8, 4) is 11.4 Å². The summed E-state index contributed by atoms with van der Waals surface area (Å²) in [5, 5.41) is 4.09. The van der Waals surface area contributed by atoms with Crippen LogP contribution in [-0.2, 0) is 16.9 Å². The van der Waals surface area contributed by atoms with Crippen molar-refractivity contribution in [2.24, 2.45) is 0 Å². The smallest absolute Gasteiger partial charge is 0.265 e. The van der Waals surface area contributed by atoms with E-state index in [4.69, 9.17) is 9.47 Å². The second-order valence-electron chi connectivity index (χ2n) is 7.78. The number of nitrogens with zero attached hydrogens (tertiary/aromatic N) is 1. The fourth-order valence-corrected chi connectivity index (χ4v) is 5.31. The molecule has 0 saturated carbocycles. The number of rotatable bonds is 2. The van der Waals surface area contributed by atoms with Crippen molar-refractivity contribution in [2.75, 3.05) is 0 Å². The molecule has 0 amide bonds. The summed E-state index contributed by atoms with van der Waals surface area (Å²) in [7, 11) is 0. The van der Waals surface area contributed by atoms with Gasteiger partial charge in [0.25, 0.3) is 5.56 Å². The molecular formula is C25H19NO3S. The number of aryl methyl sites for hydroxylation is 1. The molecule has 0 radical (unpaired) electrons. The largest absolute Gasteiger partial charge is 0.457 e. The van der Waals surface area contributed by atoms with Crippen LogP contribution in [0.15, 0.2) is 82.3 Å². The van der Waals surface area contributed by atoms with Crippen molar-refractivity contribution in [1.82, 2.24) is 4.57 Å². The van der Waals surface area contributed by atoms with Crippen molar-refractivity contribution >= 4 is 11.3 Å². The minimum atomic E-state index is -0.913. The minimum absolute atomic E-state index is 0.100. The maximum Gasteiger partial charge on any atom is 0.265 e. The van der Waals surface area contributed by atoms with Gasteiger partial charge in [0.1, 0.15) is 11.9 Å². The Balaban J connectivity index is 1.63. The van der Waals surface area contributed by atoms with Gasteiger partial charge in [0.05, 0.1) is 5.56 Å². The molecule has 6 rings (SSSR count). The molecule has 0 saturated heterocycles. The lowest BCUT2D eigenvalue weighted by Crippen LogP contribution is -2.48. The Kier molecular flexibility index (Phi) is 3.79. The van der Waals surface area contributed by atoms with Crippen molar-refractivity contribution in [2.45, 2.75) is 25.2 Å². The molecule has 0 N–H and O–H groups in total. The van der Waals surface area contributed by atoms with Crippen LogP contribution in [0.4, 0.5) is 0 Å². The van der Waals surface area contributed by atoms with Gasteiger partial charge in [0, 0.05) is 34.8 Å². The van der Waals surface area contributed by atoms with Gasteiger partial charge in [-0.3, -0.25) is 9.36 Å². The van der Waals surface area contributed by atoms with Crippen LogP contribution >= 0.6 is 11.3 Å². The molecule has 2 bridgehead atoms. The Hall–Kier alpha value is -3.15. The van der Waals surface area contributed by atoms with Crippen LogP contribution in [0.2, 0.25) is 0 Å². The molecule has 0 fully saturated rings. The Bertz CT molecular complexity index is 1310. The topological polar surface area (TPSA) is 40.5 Å². The molecule has 0 spiro atoms. The second-order valence-corrected chi connectivity index (χ2v) is 8.56. The summed E-state index contributed by atoms with van der Waals surface area (Å²) in [5.41, 5.74) is 5.30. The van der Waals surface area contributed by atoms with E-state index >= 15 is 0 Å². The van der Waals surface area contributed by atoms with Crippen molar-refractivity contribution in [3.63, 3.8) is 0 Å². The zero-order chi connectivity index (χ0) is 20.3. The highest BCUT2D eigenvalue weighted by Gasteiger charge is 2.50. The first-order valence-electron chi connectivity index (χ1n) is 9.95. The van der Waals surface area contributed by atoms with Crippen LogP contribution in [0.25, 0.3) is 5.69 Å². The van der Waals surface area contributed by atoms with Gasteiger partial charge < -0.3 is 9.47 Å². The van der Waals surface area contributed by atoms with Gasteiger partial charge in [0.15, 0.2) is 0 Å². The van der Waals surface area contributed by atoms with Gasteiger partial charge in [0.2, 0.25) is 5.79 Å². The van der Waals surface area contributed by atoms with Crippen molar-refractivity contribution in [1.29, 1.82) is 0 Å². The maximum absolute atomic E-state index is 13.7. The number of benzene rings is 2. The Morgan fingerprint density at radius 1 is 1.07 bits per heavy atom. The quantitative estimate of drug-likeness (QED) is 0.458. The fourth-order valence-electron chi connectivity index (χ4n) is 4.60. The molecular weight excluding hydrogens is 394 g/mol. The van der Waals surface area contributed by atoms with E-state index in [-0.39, 0.29) is 5.56 Å². The molecule has 2 aromatic carbocycles. The molecule has 0 aliphatic carbocycles. The number of aromatic nitrogens is 1. The first kappa shape index (κ1) is 17.7. The molecule has 2 atom stereocenters. The minimum Gasteiger partial charge on any atom is -0.457 e. The zero-order valence-electron chi connectivity index (χ0n) is 16.4. The Morgan fingerprint density at radius 3 is 2.67 bits per heavy atom. The molecule has 4 nitrogen and oxygen atoms in total. The number of ether oxygens (including phenoxy) is 2. The van der Waals surface area contributed by atoms with Gasteiger partial charge in [-0.1, -0.05) is 42.5 Å². The summed E-state index contributed by atoms with van der Waals surface area (Å²) in [4.78, 5) is 13.7. The highest BCUT2D eigenvalue weighted by atomic mass is 32.1.